The average Bonchev–Trinajstić information content (AvgIpc) is 2.70. The molecule has 1 aromatic heterocycles. The molecular formula is C11H19N3. The third kappa shape index (κ3) is 2.15. The van der Waals surface area contributed by atoms with Gasteiger partial charge in [-0.15, -0.1) is 0 Å². The van der Waals surface area contributed by atoms with E-state index < -0.39 is 0 Å². The molecule has 0 amide bonds. The predicted octanol–water partition coefficient (Wildman–Crippen LogP) is 1.47. The first-order valence-electron chi connectivity index (χ1n) is 5.36. The lowest BCUT2D eigenvalue weighted by Crippen LogP contribution is -2.16. The molecule has 2 unspecified atom stereocenters. The monoisotopic (exact) mass is 193 g/mol. The number of nitrogens with one attached hydrogen (secondary N) is 1. The van der Waals surface area contributed by atoms with E-state index in [4.69, 9.17) is 0 Å². The van der Waals surface area contributed by atoms with Gasteiger partial charge >= 0.3 is 0 Å². The van der Waals surface area contributed by atoms with Gasteiger partial charge in [-0.3, -0.25) is 4.68 Å². The second-order valence-electron chi connectivity index (χ2n) is 4.52. The summed E-state index contributed by atoms with van der Waals surface area (Å²) in [7, 11) is 1.97. The smallest absolute Gasteiger partial charge is 0.0638 e. The maximum Gasteiger partial charge on any atom is 0.0638 e. The summed E-state index contributed by atoms with van der Waals surface area (Å²) in [5.74, 6) is 1.87. The Morgan fingerprint density at radius 3 is 2.86 bits per heavy atom. The van der Waals surface area contributed by atoms with E-state index in [1.807, 2.05) is 11.7 Å². The molecule has 1 saturated carbocycles. The predicted molar refractivity (Wildman–Crippen MR) is 56.9 cm³/mol. The molecule has 2 rings (SSSR count). The topological polar surface area (TPSA) is 29.9 Å². The van der Waals surface area contributed by atoms with E-state index in [-0.39, 0.29) is 0 Å². The highest BCUT2D eigenvalue weighted by atomic mass is 15.2. The molecule has 1 N–H and O–H groups in total. The van der Waals surface area contributed by atoms with Crippen LogP contribution in [0, 0.1) is 18.8 Å². The van der Waals surface area contributed by atoms with E-state index in [1.165, 1.54) is 12.0 Å². The van der Waals surface area contributed by atoms with E-state index in [0.29, 0.717) is 0 Å². The molecule has 0 saturated heterocycles. The molecule has 1 fully saturated rings. The van der Waals surface area contributed by atoms with Crippen molar-refractivity contribution >= 4 is 0 Å². The summed E-state index contributed by atoms with van der Waals surface area (Å²) in [5.41, 5.74) is 2.46. The normalized spacial score (nSPS) is 25.4. The zero-order valence-corrected chi connectivity index (χ0v) is 9.25. The molecule has 0 aromatic carbocycles. The van der Waals surface area contributed by atoms with Crippen LogP contribution in [0.25, 0.3) is 0 Å². The van der Waals surface area contributed by atoms with Crippen molar-refractivity contribution in [1.82, 2.24) is 15.1 Å². The van der Waals surface area contributed by atoms with Gasteiger partial charge in [-0.05, 0) is 31.7 Å². The Morgan fingerprint density at radius 2 is 2.36 bits per heavy atom. The van der Waals surface area contributed by atoms with Crippen molar-refractivity contribution in [1.29, 1.82) is 0 Å². The van der Waals surface area contributed by atoms with Crippen molar-refractivity contribution in [3.05, 3.63) is 17.5 Å². The number of hydrogen-bond acceptors (Lipinski definition) is 2. The third-order valence-electron chi connectivity index (χ3n) is 3.11. The van der Waals surface area contributed by atoms with Crippen LogP contribution in [0.5, 0.6) is 0 Å². The Hall–Kier alpha value is -0.830. The van der Waals surface area contributed by atoms with Crippen LogP contribution in [-0.2, 0) is 13.6 Å². The fraction of sp³-hybridized carbons (Fsp3) is 0.727. The Kier molecular flexibility index (Phi) is 2.59. The lowest BCUT2D eigenvalue weighted by atomic mass is 10.2. The first-order valence-corrected chi connectivity index (χ1v) is 5.36. The second-order valence-corrected chi connectivity index (χ2v) is 4.52. The minimum Gasteiger partial charge on any atom is -0.312 e. The highest BCUT2D eigenvalue weighted by Crippen LogP contribution is 2.36. The Bertz CT molecular complexity index is 316. The van der Waals surface area contributed by atoms with Crippen molar-refractivity contribution in [3.63, 3.8) is 0 Å². The molecular weight excluding hydrogens is 174 g/mol. The number of aryl methyl sites for hydroxylation is 2. The maximum absolute atomic E-state index is 4.32. The summed E-state index contributed by atoms with van der Waals surface area (Å²) in [6.45, 7) is 6.51. The molecule has 3 nitrogen and oxygen atoms in total. The van der Waals surface area contributed by atoms with Gasteiger partial charge in [0, 0.05) is 25.4 Å². The van der Waals surface area contributed by atoms with Crippen LogP contribution in [0.1, 0.15) is 24.6 Å². The van der Waals surface area contributed by atoms with Gasteiger partial charge in [0.15, 0.2) is 0 Å². The SMILES string of the molecule is Cc1nn(C)cc1CNCC1CC1C. The number of rotatable bonds is 4. The summed E-state index contributed by atoms with van der Waals surface area (Å²) >= 11 is 0. The fourth-order valence-corrected chi connectivity index (χ4v) is 1.90. The van der Waals surface area contributed by atoms with Crippen molar-refractivity contribution in [2.45, 2.75) is 26.8 Å². The van der Waals surface area contributed by atoms with Gasteiger partial charge in [-0.2, -0.15) is 5.10 Å². The van der Waals surface area contributed by atoms with Crippen molar-refractivity contribution in [2.24, 2.45) is 18.9 Å². The Morgan fingerprint density at radius 1 is 1.64 bits per heavy atom. The Labute approximate surface area is 85.5 Å². The zero-order chi connectivity index (χ0) is 10.1. The molecule has 0 aliphatic heterocycles. The molecule has 14 heavy (non-hydrogen) atoms. The van der Waals surface area contributed by atoms with Gasteiger partial charge in [-0.1, -0.05) is 6.92 Å². The lowest BCUT2D eigenvalue weighted by Gasteiger charge is -2.01. The summed E-state index contributed by atoms with van der Waals surface area (Å²) in [5, 5.41) is 7.81. The summed E-state index contributed by atoms with van der Waals surface area (Å²) in [6, 6.07) is 0. The van der Waals surface area contributed by atoms with Crippen LogP contribution in [0.4, 0.5) is 0 Å². The third-order valence-corrected chi connectivity index (χ3v) is 3.11. The minimum atomic E-state index is 0.923. The second kappa shape index (κ2) is 3.73. The molecule has 1 aliphatic rings. The molecule has 0 bridgehead atoms. The quantitative estimate of drug-likeness (QED) is 0.785. The van der Waals surface area contributed by atoms with Gasteiger partial charge in [0.25, 0.3) is 0 Å². The van der Waals surface area contributed by atoms with Gasteiger partial charge < -0.3 is 5.32 Å². The van der Waals surface area contributed by atoms with E-state index in [0.717, 1.165) is 30.6 Å². The van der Waals surface area contributed by atoms with Gasteiger partial charge in [0.05, 0.1) is 5.69 Å². The van der Waals surface area contributed by atoms with Crippen molar-refractivity contribution in [2.75, 3.05) is 6.54 Å². The highest BCUT2D eigenvalue weighted by molar-refractivity contribution is 5.14. The minimum absolute atomic E-state index is 0.923. The van der Waals surface area contributed by atoms with Crippen molar-refractivity contribution in [3.8, 4) is 0 Å². The lowest BCUT2D eigenvalue weighted by molar-refractivity contribution is 0.610. The number of nitrogens with zero attached hydrogens (tertiary/aromatic N) is 2. The number of aromatic nitrogens is 2. The maximum atomic E-state index is 4.32. The summed E-state index contributed by atoms with van der Waals surface area (Å²) < 4.78 is 1.88. The van der Waals surface area contributed by atoms with Crippen LogP contribution in [-0.4, -0.2) is 16.3 Å². The molecule has 1 heterocycles. The van der Waals surface area contributed by atoms with Crippen LogP contribution >= 0.6 is 0 Å². The highest BCUT2D eigenvalue weighted by Gasteiger charge is 2.31. The molecule has 2 atom stereocenters. The first kappa shape index (κ1) is 9.71. The zero-order valence-electron chi connectivity index (χ0n) is 9.25. The van der Waals surface area contributed by atoms with Crippen LogP contribution in [0.2, 0.25) is 0 Å². The van der Waals surface area contributed by atoms with Crippen LogP contribution in [0.15, 0.2) is 6.20 Å². The molecule has 78 valence electrons. The average molecular weight is 193 g/mol. The van der Waals surface area contributed by atoms with Gasteiger partial charge in [0.2, 0.25) is 0 Å². The van der Waals surface area contributed by atoms with E-state index in [2.05, 4.69) is 30.5 Å². The first-order chi connectivity index (χ1) is 6.66. The van der Waals surface area contributed by atoms with Crippen LogP contribution in [0.3, 0.4) is 0 Å². The molecule has 3 heteroatoms. The molecule has 0 spiro atoms. The number of hydrogen-bond donors (Lipinski definition) is 1. The fourth-order valence-electron chi connectivity index (χ4n) is 1.90. The van der Waals surface area contributed by atoms with Gasteiger partial charge in [-0.25, -0.2) is 0 Å². The molecule has 1 aromatic rings. The molecule has 0 radical (unpaired) electrons. The summed E-state index contributed by atoms with van der Waals surface area (Å²) in [4.78, 5) is 0. The van der Waals surface area contributed by atoms with E-state index in [9.17, 15) is 0 Å². The van der Waals surface area contributed by atoms with Crippen molar-refractivity contribution < 1.29 is 0 Å². The standard InChI is InChI=1S/C11H19N3/c1-8-4-10(8)5-12-6-11-7-14(3)13-9(11)2/h7-8,10,12H,4-6H2,1-3H3. The van der Waals surface area contributed by atoms with E-state index in [1.54, 1.807) is 0 Å². The Balaban J connectivity index is 1.77. The largest absolute Gasteiger partial charge is 0.312 e. The van der Waals surface area contributed by atoms with E-state index >= 15 is 0 Å². The van der Waals surface area contributed by atoms with Gasteiger partial charge in [0.1, 0.15) is 0 Å². The molecule has 1 aliphatic carbocycles. The van der Waals surface area contributed by atoms with Crippen LogP contribution < -0.4 is 5.32 Å². The summed E-state index contributed by atoms with van der Waals surface area (Å²) in [6.07, 6.45) is 3.50.